The average molecular weight is 306 g/mol. The lowest BCUT2D eigenvalue weighted by Gasteiger charge is -2.07. The molecule has 0 bridgehead atoms. The van der Waals surface area contributed by atoms with E-state index in [0.717, 1.165) is 30.9 Å². The number of hydrogen-bond donors (Lipinski definition) is 1. The highest BCUT2D eigenvalue weighted by Gasteiger charge is 2.30. The van der Waals surface area contributed by atoms with Crippen molar-refractivity contribution in [1.29, 1.82) is 0 Å². The lowest BCUT2D eigenvalue weighted by molar-refractivity contribution is -0.119. The Morgan fingerprint density at radius 3 is 2.74 bits per heavy atom. The Balaban J connectivity index is 1.54. The normalized spacial score (nSPS) is 14.1. The molecule has 0 radical (unpaired) electrons. The molecule has 1 aliphatic carbocycles. The van der Waals surface area contributed by atoms with Gasteiger partial charge < -0.3 is 5.32 Å². The molecule has 0 spiro atoms. The van der Waals surface area contributed by atoms with E-state index in [1.165, 1.54) is 5.56 Å². The van der Waals surface area contributed by atoms with E-state index >= 15 is 0 Å². The molecule has 5 nitrogen and oxygen atoms in total. The number of Topliss-reactive ketones (excluding diaryl/α,β-unsaturated/α-hetero) is 1. The minimum absolute atomic E-state index is 0.247. The zero-order valence-corrected chi connectivity index (χ0v) is 12.8. The monoisotopic (exact) mass is 306 g/mol. The van der Waals surface area contributed by atoms with Crippen LogP contribution in [0.5, 0.6) is 0 Å². The maximum atomic E-state index is 11.9. The van der Waals surface area contributed by atoms with Crippen molar-refractivity contribution in [3.8, 4) is 0 Å². The van der Waals surface area contributed by atoms with Gasteiger partial charge in [-0.25, -0.2) is 4.98 Å². The SMILES string of the molecule is O=C(Cc1nc2cccc(NCc3ccccc3)n2n1)C1CC1. The molecule has 1 saturated carbocycles. The fourth-order valence-corrected chi connectivity index (χ4v) is 2.65. The second kappa shape index (κ2) is 5.83. The van der Waals surface area contributed by atoms with Crippen molar-refractivity contribution >= 4 is 17.2 Å². The largest absolute Gasteiger partial charge is 0.366 e. The van der Waals surface area contributed by atoms with E-state index in [2.05, 4.69) is 27.5 Å². The predicted molar refractivity (Wildman–Crippen MR) is 88.2 cm³/mol. The standard InChI is InChI=1S/C18H18N4O/c23-15(14-9-10-14)11-16-20-18-8-4-7-17(22(18)21-16)19-12-13-5-2-1-3-6-13/h1-8,14,19H,9-12H2. The van der Waals surface area contributed by atoms with E-state index in [4.69, 9.17) is 0 Å². The van der Waals surface area contributed by atoms with E-state index < -0.39 is 0 Å². The summed E-state index contributed by atoms with van der Waals surface area (Å²) >= 11 is 0. The van der Waals surface area contributed by atoms with E-state index in [0.29, 0.717) is 12.2 Å². The molecule has 2 heterocycles. The second-order valence-corrected chi connectivity index (χ2v) is 5.97. The quantitative estimate of drug-likeness (QED) is 0.761. The summed E-state index contributed by atoms with van der Waals surface area (Å²) in [7, 11) is 0. The third-order valence-corrected chi connectivity index (χ3v) is 4.09. The van der Waals surface area contributed by atoms with Crippen LogP contribution in [0.2, 0.25) is 0 Å². The number of benzene rings is 1. The first-order valence-electron chi connectivity index (χ1n) is 7.95. The zero-order chi connectivity index (χ0) is 15.6. The molecule has 1 aromatic carbocycles. The van der Waals surface area contributed by atoms with E-state index in [-0.39, 0.29) is 11.7 Å². The second-order valence-electron chi connectivity index (χ2n) is 5.97. The first kappa shape index (κ1) is 13.9. The zero-order valence-electron chi connectivity index (χ0n) is 12.8. The molecular weight excluding hydrogens is 288 g/mol. The summed E-state index contributed by atoms with van der Waals surface area (Å²) < 4.78 is 1.78. The highest BCUT2D eigenvalue weighted by Crippen LogP contribution is 2.30. The van der Waals surface area contributed by atoms with Gasteiger partial charge in [0, 0.05) is 12.5 Å². The smallest absolute Gasteiger partial charge is 0.159 e. The molecule has 23 heavy (non-hydrogen) atoms. The van der Waals surface area contributed by atoms with Crippen LogP contribution >= 0.6 is 0 Å². The van der Waals surface area contributed by atoms with Crippen LogP contribution in [0.25, 0.3) is 5.65 Å². The first-order valence-corrected chi connectivity index (χ1v) is 7.95. The fraction of sp³-hybridized carbons (Fsp3) is 0.278. The average Bonchev–Trinajstić information content (AvgIpc) is 3.34. The first-order chi connectivity index (χ1) is 11.3. The van der Waals surface area contributed by atoms with Gasteiger partial charge in [-0.15, -0.1) is 5.10 Å². The molecule has 0 atom stereocenters. The Morgan fingerprint density at radius 1 is 1.13 bits per heavy atom. The van der Waals surface area contributed by atoms with Gasteiger partial charge >= 0.3 is 0 Å². The summed E-state index contributed by atoms with van der Waals surface area (Å²) in [5.74, 6) is 2.00. The highest BCUT2D eigenvalue weighted by molar-refractivity contribution is 5.84. The van der Waals surface area contributed by atoms with Gasteiger partial charge in [0.05, 0.1) is 6.42 Å². The van der Waals surface area contributed by atoms with Crippen LogP contribution in [0, 0.1) is 5.92 Å². The van der Waals surface area contributed by atoms with Crippen LogP contribution in [0.15, 0.2) is 48.5 Å². The molecule has 1 aliphatic rings. The van der Waals surface area contributed by atoms with Crippen molar-refractivity contribution in [1.82, 2.24) is 14.6 Å². The molecule has 1 N–H and O–H groups in total. The number of aromatic nitrogens is 3. The van der Waals surface area contributed by atoms with E-state index in [1.807, 2.05) is 36.4 Å². The van der Waals surface area contributed by atoms with E-state index in [9.17, 15) is 4.79 Å². The van der Waals surface area contributed by atoms with Crippen molar-refractivity contribution in [2.75, 3.05) is 5.32 Å². The minimum Gasteiger partial charge on any atom is -0.366 e. The number of nitrogens with zero attached hydrogens (tertiary/aromatic N) is 3. The van der Waals surface area contributed by atoms with Crippen molar-refractivity contribution in [3.63, 3.8) is 0 Å². The third kappa shape index (κ3) is 3.08. The van der Waals surface area contributed by atoms with Crippen LogP contribution < -0.4 is 5.32 Å². The van der Waals surface area contributed by atoms with Crippen molar-refractivity contribution < 1.29 is 4.79 Å². The number of hydrogen-bond acceptors (Lipinski definition) is 4. The molecular formula is C18H18N4O. The number of fused-ring (bicyclic) bond motifs is 1. The maximum Gasteiger partial charge on any atom is 0.159 e. The van der Waals surface area contributed by atoms with Gasteiger partial charge in [-0.3, -0.25) is 4.79 Å². The van der Waals surface area contributed by atoms with Crippen LogP contribution in [0.1, 0.15) is 24.2 Å². The summed E-state index contributed by atoms with van der Waals surface area (Å²) in [5, 5.41) is 7.88. The fourth-order valence-electron chi connectivity index (χ4n) is 2.65. The van der Waals surface area contributed by atoms with Gasteiger partial charge in [0.25, 0.3) is 0 Å². The number of pyridine rings is 1. The summed E-state index contributed by atoms with van der Waals surface area (Å²) in [5.41, 5.74) is 1.97. The third-order valence-electron chi connectivity index (χ3n) is 4.09. The molecule has 3 aromatic rings. The number of carbonyl (C=O) groups is 1. The molecule has 0 saturated heterocycles. The summed E-state index contributed by atoms with van der Waals surface area (Å²) in [4.78, 5) is 16.4. The number of rotatable bonds is 6. The molecule has 5 heteroatoms. The molecule has 4 rings (SSSR count). The summed E-state index contributed by atoms with van der Waals surface area (Å²) in [6, 6.07) is 16.0. The Bertz CT molecular complexity index is 837. The van der Waals surface area contributed by atoms with Crippen LogP contribution in [0.4, 0.5) is 5.82 Å². The van der Waals surface area contributed by atoms with Gasteiger partial charge in [0.1, 0.15) is 11.6 Å². The van der Waals surface area contributed by atoms with Crippen molar-refractivity contribution in [2.24, 2.45) is 5.92 Å². The Kier molecular flexibility index (Phi) is 3.54. The Morgan fingerprint density at radius 2 is 1.96 bits per heavy atom. The van der Waals surface area contributed by atoms with Crippen LogP contribution in [-0.4, -0.2) is 20.4 Å². The van der Waals surface area contributed by atoms with Crippen LogP contribution in [-0.2, 0) is 17.8 Å². The molecule has 116 valence electrons. The van der Waals surface area contributed by atoms with Crippen LogP contribution in [0.3, 0.4) is 0 Å². The highest BCUT2D eigenvalue weighted by atomic mass is 16.1. The summed E-state index contributed by atoms with van der Waals surface area (Å²) in [6.07, 6.45) is 2.39. The number of nitrogens with one attached hydrogen (secondary N) is 1. The van der Waals surface area contributed by atoms with E-state index in [1.54, 1.807) is 4.52 Å². The maximum absolute atomic E-state index is 11.9. The number of ketones is 1. The molecule has 0 aliphatic heterocycles. The molecule has 0 unspecified atom stereocenters. The number of anilines is 1. The molecule has 1 fully saturated rings. The van der Waals surface area contributed by atoms with Gasteiger partial charge in [0.15, 0.2) is 11.5 Å². The predicted octanol–water partition coefficient (Wildman–Crippen LogP) is 2.86. The Hall–Kier alpha value is -2.69. The van der Waals surface area contributed by atoms with Gasteiger partial charge in [-0.2, -0.15) is 4.52 Å². The Labute approximate surface area is 134 Å². The lowest BCUT2D eigenvalue weighted by Crippen LogP contribution is -2.07. The van der Waals surface area contributed by atoms with Gasteiger partial charge in [-0.1, -0.05) is 36.4 Å². The minimum atomic E-state index is 0.247. The van der Waals surface area contributed by atoms with Crippen molar-refractivity contribution in [2.45, 2.75) is 25.8 Å². The lowest BCUT2D eigenvalue weighted by atomic mass is 10.2. The van der Waals surface area contributed by atoms with Gasteiger partial charge in [-0.05, 0) is 30.5 Å². The summed E-state index contributed by atoms with van der Waals surface area (Å²) in [6.45, 7) is 0.718. The molecule has 0 amide bonds. The molecule has 2 aromatic heterocycles. The topological polar surface area (TPSA) is 59.3 Å². The van der Waals surface area contributed by atoms with Crippen molar-refractivity contribution in [3.05, 3.63) is 59.9 Å². The van der Waals surface area contributed by atoms with Gasteiger partial charge in [0.2, 0.25) is 0 Å². The number of carbonyl (C=O) groups excluding carboxylic acids is 1.